The molecule has 1 aliphatic heterocycles. The lowest BCUT2D eigenvalue weighted by Gasteiger charge is -2.23. The van der Waals surface area contributed by atoms with Crippen molar-refractivity contribution in [3.63, 3.8) is 0 Å². The first-order valence-corrected chi connectivity index (χ1v) is 7.44. The summed E-state index contributed by atoms with van der Waals surface area (Å²) < 4.78 is 1.82. The van der Waals surface area contributed by atoms with Gasteiger partial charge in [0, 0.05) is 44.1 Å². The van der Waals surface area contributed by atoms with Crippen LogP contribution in [-0.4, -0.2) is 39.7 Å². The smallest absolute Gasteiger partial charge is 0.254 e. The Morgan fingerprint density at radius 1 is 1.14 bits per heavy atom. The Balaban J connectivity index is 1.81. The van der Waals surface area contributed by atoms with E-state index in [1.807, 2.05) is 11.4 Å². The molecule has 0 N–H and O–H groups in total. The predicted octanol–water partition coefficient (Wildman–Crippen LogP) is 1.89. The SMILES string of the molecule is Cc1cc(N2CCN(C)c3ccccc3C2)n2ncnc2n1. The number of nitrogens with zero attached hydrogens (tertiary/aromatic N) is 6. The zero-order chi connectivity index (χ0) is 15.1. The van der Waals surface area contributed by atoms with Crippen LogP contribution in [0.5, 0.6) is 0 Å². The summed E-state index contributed by atoms with van der Waals surface area (Å²) in [5.41, 5.74) is 3.58. The highest BCUT2D eigenvalue weighted by Gasteiger charge is 2.20. The number of benzene rings is 1. The van der Waals surface area contributed by atoms with Gasteiger partial charge in [0.1, 0.15) is 12.1 Å². The fourth-order valence-corrected chi connectivity index (χ4v) is 3.02. The lowest BCUT2D eigenvalue weighted by atomic mass is 10.1. The van der Waals surface area contributed by atoms with E-state index >= 15 is 0 Å². The van der Waals surface area contributed by atoms with Crippen LogP contribution in [0.4, 0.5) is 11.5 Å². The number of anilines is 2. The van der Waals surface area contributed by atoms with E-state index in [1.165, 1.54) is 11.3 Å². The van der Waals surface area contributed by atoms with Crippen molar-refractivity contribution in [2.45, 2.75) is 13.5 Å². The van der Waals surface area contributed by atoms with Crippen molar-refractivity contribution in [3.05, 3.63) is 47.9 Å². The summed E-state index contributed by atoms with van der Waals surface area (Å²) >= 11 is 0. The van der Waals surface area contributed by atoms with E-state index in [9.17, 15) is 0 Å². The highest BCUT2D eigenvalue weighted by atomic mass is 15.4. The monoisotopic (exact) mass is 294 g/mol. The van der Waals surface area contributed by atoms with E-state index in [0.717, 1.165) is 31.1 Å². The van der Waals surface area contributed by atoms with Crippen LogP contribution in [0.3, 0.4) is 0 Å². The quantitative estimate of drug-likeness (QED) is 0.686. The molecule has 3 heterocycles. The van der Waals surface area contributed by atoms with Crippen molar-refractivity contribution >= 4 is 17.3 Å². The Kier molecular flexibility index (Phi) is 2.96. The zero-order valence-electron chi connectivity index (χ0n) is 12.8. The third-order valence-electron chi connectivity index (χ3n) is 4.15. The number of hydrogen-bond donors (Lipinski definition) is 0. The lowest BCUT2D eigenvalue weighted by Crippen LogP contribution is -2.30. The summed E-state index contributed by atoms with van der Waals surface area (Å²) in [6.07, 6.45) is 1.56. The van der Waals surface area contributed by atoms with E-state index < -0.39 is 0 Å². The molecule has 0 bridgehead atoms. The van der Waals surface area contributed by atoms with Crippen molar-refractivity contribution in [1.29, 1.82) is 0 Å². The third kappa shape index (κ3) is 2.07. The maximum absolute atomic E-state index is 4.43. The molecule has 0 atom stereocenters. The molecule has 0 radical (unpaired) electrons. The van der Waals surface area contributed by atoms with E-state index in [-0.39, 0.29) is 0 Å². The van der Waals surface area contributed by atoms with Crippen molar-refractivity contribution in [3.8, 4) is 0 Å². The number of likely N-dealkylation sites (N-methyl/N-ethyl adjacent to an activating group) is 1. The Morgan fingerprint density at radius 3 is 2.91 bits per heavy atom. The average Bonchev–Trinajstić information content (AvgIpc) is 2.92. The summed E-state index contributed by atoms with van der Waals surface area (Å²) in [5, 5.41) is 4.33. The minimum absolute atomic E-state index is 0.654. The molecule has 4 rings (SSSR count). The average molecular weight is 294 g/mol. The number of fused-ring (bicyclic) bond motifs is 2. The Labute approximate surface area is 129 Å². The molecule has 0 saturated carbocycles. The van der Waals surface area contributed by atoms with Gasteiger partial charge in [0.05, 0.1) is 0 Å². The van der Waals surface area contributed by atoms with Gasteiger partial charge in [-0.1, -0.05) is 18.2 Å². The normalized spacial score (nSPS) is 15.0. The Morgan fingerprint density at radius 2 is 2.00 bits per heavy atom. The number of rotatable bonds is 1. The molecular formula is C16H18N6. The molecule has 1 aliphatic rings. The minimum atomic E-state index is 0.654. The van der Waals surface area contributed by atoms with Crippen LogP contribution in [0, 0.1) is 6.92 Å². The molecule has 6 heteroatoms. The zero-order valence-corrected chi connectivity index (χ0v) is 12.8. The van der Waals surface area contributed by atoms with E-state index in [1.54, 1.807) is 6.33 Å². The molecule has 112 valence electrons. The molecule has 0 amide bonds. The second-order valence-corrected chi connectivity index (χ2v) is 5.70. The van der Waals surface area contributed by atoms with E-state index in [2.05, 4.69) is 62.2 Å². The van der Waals surface area contributed by atoms with Crippen molar-refractivity contribution < 1.29 is 0 Å². The highest BCUT2D eigenvalue weighted by molar-refractivity contribution is 5.57. The number of para-hydroxylation sites is 1. The van der Waals surface area contributed by atoms with Gasteiger partial charge >= 0.3 is 0 Å². The maximum atomic E-state index is 4.43. The first-order chi connectivity index (χ1) is 10.7. The standard InChI is InChI=1S/C16H18N6/c1-12-9-15(22-16(19-12)17-11-18-22)21-8-7-20(2)14-6-4-3-5-13(14)10-21/h3-6,9,11H,7-8,10H2,1-2H3. The minimum Gasteiger partial charge on any atom is -0.373 e. The molecular weight excluding hydrogens is 276 g/mol. The van der Waals surface area contributed by atoms with E-state index in [4.69, 9.17) is 0 Å². The van der Waals surface area contributed by atoms with Crippen LogP contribution >= 0.6 is 0 Å². The van der Waals surface area contributed by atoms with Gasteiger partial charge in [-0.2, -0.15) is 14.6 Å². The molecule has 0 unspecified atom stereocenters. The van der Waals surface area contributed by atoms with E-state index in [0.29, 0.717) is 5.78 Å². The van der Waals surface area contributed by atoms with Gasteiger partial charge in [-0.05, 0) is 18.6 Å². The number of aromatic nitrogens is 4. The van der Waals surface area contributed by atoms with Gasteiger partial charge in [-0.15, -0.1) is 0 Å². The number of hydrogen-bond acceptors (Lipinski definition) is 5. The summed E-state index contributed by atoms with van der Waals surface area (Å²) in [6.45, 7) is 4.76. The molecule has 0 aliphatic carbocycles. The van der Waals surface area contributed by atoms with Crippen molar-refractivity contribution in [2.75, 3.05) is 29.9 Å². The van der Waals surface area contributed by atoms with Crippen LogP contribution in [0.2, 0.25) is 0 Å². The van der Waals surface area contributed by atoms with Gasteiger partial charge < -0.3 is 9.80 Å². The molecule has 6 nitrogen and oxygen atoms in total. The molecule has 3 aromatic rings. The maximum Gasteiger partial charge on any atom is 0.254 e. The van der Waals surface area contributed by atoms with Crippen LogP contribution in [0.25, 0.3) is 5.78 Å². The first-order valence-electron chi connectivity index (χ1n) is 7.44. The topological polar surface area (TPSA) is 49.6 Å². The summed E-state index contributed by atoms with van der Waals surface area (Å²) in [6, 6.07) is 10.6. The molecule has 0 fully saturated rings. The molecule has 0 spiro atoms. The predicted molar refractivity (Wildman–Crippen MR) is 86.3 cm³/mol. The van der Waals surface area contributed by atoms with Crippen molar-refractivity contribution in [2.24, 2.45) is 0 Å². The van der Waals surface area contributed by atoms with Gasteiger partial charge in [-0.3, -0.25) is 0 Å². The van der Waals surface area contributed by atoms with Crippen LogP contribution in [0.1, 0.15) is 11.3 Å². The van der Waals surface area contributed by atoms with Gasteiger partial charge in [0.25, 0.3) is 5.78 Å². The second-order valence-electron chi connectivity index (χ2n) is 5.70. The lowest BCUT2D eigenvalue weighted by molar-refractivity contribution is 0.754. The molecule has 1 aromatic carbocycles. The Hall–Kier alpha value is -2.63. The van der Waals surface area contributed by atoms with Gasteiger partial charge in [0.15, 0.2) is 0 Å². The molecule has 2 aromatic heterocycles. The van der Waals surface area contributed by atoms with Crippen LogP contribution in [-0.2, 0) is 6.54 Å². The summed E-state index contributed by atoms with van der Waals surface area (Å²) in [4.78, 5) is 13.3. The largest absolute Gasteiger partial charge is 0.373 e. The van der Waals surface area contributed by atoms with Crippen molar-refractivity contribution in [1.82, 2.24) is 19.6 Å². The van der Waals surface area contributed by atoms with Crippen LogP contribution in [0.15, 0.2) is 36.7 Å². The third-order valence-corrected chi connectivity index (χ3v) is 4.15. The van der Waals surface area contributed by atoms with Gasteiger partial charge in [0.2, 0.25) is 0 Å². The first kappa shape index (κ1) is 13.1. The Bertz CT molecular complexity index is 824. The number of aryl methyl sites for hydroxylation is 1. The second kappa shape index (κ2) is 4.98. The molecule has 0 saturated heterocycles. The van der Waals surface area contributed by atoms with Crippen LogP contribution < -0.4 is 9.80 Å². The fraction of sp³-hybridized carbons (Fsp3) is 0.312. The fourth-order valence-electron chi connectivity index (χ4n) is 3.02. The molecule has 22 heavy (non-hydrogen) atoms. The summed E-state index contributed by atoms with van der Waals surface area (Å²) in [5.74, 6) is 1.70. The summed E-state index contributed by atoms with van der Waals surface area (Å²) in [7, 11) is 2.14. The highest BCUT2D eigenvalue weighted by Crippen LogP contribution is 2.27. The van der Waals surface area contributed by atoms with Gasteiger partial charge in [-0.25, -0.2) is 4.98 Å².